The number of fused-ring (bicyclic) bond motifs is 1. The van der Waals surface area contributed by atoms with Gasteiger partial charge in [0.25, 0.3) is 0 Å². The Bertz CT molecular complexity index is 700. The predicted molar refractivity (Wildman–Crippen MR) is 80.9 cm³/mol. The van der Waals surface area contributed by atoms with Gasteiger partial charge >= 0.3 is 5.69 Å². The summed E-state index contributed by atoms with van der Waals surface area (Å²) in [5.41, 5.74) is 1.79. The van der Waals surface area contributed by atoms with Crippen LogP contribution in [0.5, 0.6) is 0 Å². The Hall–Kier alpha value is -1.60. The van der Waals surface area contributed by atoms with Gasteiger partial charge in [-0.25, -0.2) is 4.79 Å². The van der Waals surface area contributed by atoms with Crippen molar-refractivity contribution < 1.29 is 4.79 Å². The first-order valence-electron chi connectivity index (χ1n) is 6.55. The predicted octanol–water partition coefficient (Wildman–Crippen LogP) is 1.65. The molecule has 2 heterocycles. The summed E-state index contributed by atoms with van der Waals surface area (Å²) in [6.45, 7) is 2.38. The van der Waals surface area contributed by atoms with Crippen molar-refractivity contribution in [1.29, 1.82) is 0 Å². The number of anilines is 1. The minimum absolute atomic E-state index is 0.0372. The molecule has 2 aromatic rings. The van der Waals surface area contributed by atoms with Gasteiger partial charge in [-0.15, -0.1) is 0 Å². The van der Waals surface area contributed by atoms with Crippen LogP contribution in [0, 0.1) is 0 Å². The van der Waals surface area contributed by atoms with Gasteiger partial charge in [0.05, 0.1) is 23.3 Å². The van der Waals surface area contributed by atoms with Crippen LogP contribution in [0.2, 0.25) is 0 Å². The smallest absolute Gasteiger partial charge is 0.323 e. The zero-order valence-corrected chi connectivity index (χ0v) is 12.4. The maximum Gasteiger partial charge on any atom is 0.323 e. The lowest BCUT2D eigenvalue weighted by Crippen LogP contribution is -2.30. The molecule has 6 nitrogen and oxygen atoms in total. The Labute approximate surface area is 123 Å². The Kier molecular flexibility index (Phi) is 3.62. The first kappa shape index (κ1) is 13.4. The van der Waals surface area contributed by atoms with Gasteiger partial charge in [-0.3, -0.25) is 9.69 Å². The largest absolute Gasteiger partial charge is 0.324 e. The molecule has 1 fully saturated rings. The average molecular weight is 339 g/mol. The van der Waals surface area contributed by atoms with E-state index in [1.54, 1.807) is 12.1 Å². The lowest BCUT2D eigenvalue weighted by molar-refractivity contribution is -0.117. The highest BCUT2D eigenvalue weighted by atomic mass is 79.9. The number of hydrogen-bond acceptors (Lipinski definition) is 3. The van der Waals surface area contributed by atoms with Crippen LogP contribution in [0.1, 0.15) is 12.8 Å². The van der Waals surface area contributed by atoms with E-state index < -0.39 is 0 Å². The molecule has 3 N–H and O–H groups in total. The number of benzene rings is 1. The molecule has 1 amide bonds. The van der Waals surface area contributed by atoms with Crippen LogP contribution >= 0.6 is 15.9 Å². The summed E-state index contributed by atoms with van der Waals surface area (Å²) in [5, 5.41) is 2.88. The summed E-state index contributed by atoms with van der Waals surface area (Å²) >= 11 is 3.40. The highest BCUT2D eigenvalue weighted by Crippen LogP contribution is 2.26. The molecule has 1 aromatic heterocycles. The number of aromatic amines is 2. The van der Waals surface area contributed by atoms with Gasteiger partial charge in [-0.05, 0) is 54.0 Å². The Morgan fingerprint density at radius 3 is 2.60 bits per heavy atom. The maximum absolute atomic E-state index is 12.0. The fourth-order valence-corrected chi connectivity index (χ4v) is 2.93. The SMILES string of the molecule is O=C(CN1CCCC1)Nc1cc2[nH]c(=O)[nH]c2cc1Br. The van der Waals surface area contributed by atoms with Gasteiger partial charge in [0.2, 0.25) is 5.91 Å². The molecule has 1 aromatic carbocycles. The molecule has 0 saturated carbocycles. The van der Waals surface area contributed by atoms with Crippen LogP contribution in [0.15, 0.2) is 21.4 Å². The van der Waals surface area contributed by atoms with Crippen molar-refractivity contribution in [3.63, 3.8) is 0 Å². The minimum atomic E-state index is -0.257. The van der Waals surface area contributed by atoms with Crippen LogP contribution < -0.4 is 11.0 Å². The second-order valence-corrected chi connectivity index (χ2v) is 5.84. The van der Waals surface area contributed by atoms with Crippen LogP contribution in [-0.4, -0.2) is 40.4 Å². The number of imidazole rings is 1. The number of likely N-dealkylation sites (tertiary alicyclic amines) is 1. The molecule has 20 heavy (non-hydrogen) atoms. The summed E-state index contributed by atoms with van der Waals surface area (Å²) in [5.74, 6) is -0.0372. The number of nitrogens with zero attached hydrogens (tertiary/aromatic N) is 1. The average Bonchev–Trinajstić information content (AvgIpc) is 2.98. The summed E-state index contributed by atoms with van der Waals surface area (Å²) in [6.07, 6.45) is 2.32. The lowest BCUT2D eigenvalue weighted by Gasteiger charge is -2.14. The number of carbonyl (C=O) groups excluding carboxylic acids is 1. The van der Waals surface area contributed by atoms with Crippen molar-refractivity contribution in [2.75, 3.05) is 25.0 Å². The molecule has 106 valence electrons. The molecule has 0 atom stereocenters. The molecule has 0 spiro atoms. The van der Waals surface area contributed by atoms with E-state index in [1.807, 2.05) is 0 Å². The molecule has 1 saturated heterocycles. The summed E-state index contributed by atoms with van der Waals surface area (Å²) < 4.78 is 0.745. The second-order valence-electron chi connectivity index (χ2n) is 4.99. The molecule has 0 unspecified atom stereocenters. The fraction of sp³-hybridized carbons (Fsp3) is 0.385. The van der Waals surface area contributed by atoms with E-state index in [-0.39, 0.29) is 11.6 Å². The van der Waals surface area contributed by atoms with Gasteiger partial charge in [0, 0.05) is 4.47 Å². The first-order chi connectivity index (χ1) is 9.61. The van der Waals surface area contributed by atoms with Crippen molar-refractivity contribution in [2.24, 2.45) is 0 Å². The van der Waals surface area contributed by atoms with Gasteiger partial charge in [-0.1, -0.05) is 0 Å². The van der Waals surface area contributed by atoms with Crippen molar-refractivity contribution in [2.45, 2.75) is 12.8 Å². The highest BCUT2D eigenvalue weighted by Gasteiger charge is 2.16. The number of H-pyrrole nitrogens is 2. The number of aromatic nitrogens is 2. The van der Waals surface area contributed by atoms with Gasteiger partial charge in [-0.2, -0.15) is 0 Å². The van der Waals surface area contributed by atoms with Gasteiger partial charge in [0.1, 0.15) is 0 Å². The summed E-state index contributed by atoms with van der Waals surface area (Å²) in [6, 6.07) is 3.53. The zero-order chi connectivity index (χ0) is 14.1. The van der Waals surface area contributed by atoms with E-state index in [4.69, 9.17) is 0 Å². The third kappa shape index (κ3) is 2.78. The molecule has 0 bridgehead atoms. The topological polar surface area (TPSA) is 81.0 Å². The Morgan fingerprint density at radius 1 is 1.25 bits per heavy atom. The Morgan fingerprint density at radius 2 is 1.90 bits per heavy atom. The van der Waals surface area contributed by atoms with Crippen molar-refractivity contribution in [3.05, 3.63) is 27.1 Å². The van der Waals surface area contributed by atoms with Crippen molar-refractivity contribution >= 4 is 38.6 Å². The molecule has 1 aliphatic heterocycles. The van der Waals surface area contributed by atoms with E-state index in [0.717, 1.165) is 30.4 Å². The second kappa shape index (κ2) is 5.41. The summed E-state index contributed by atoms with van der Waals surface area (Å²) in [7, 11) is 0. The first-order valence-corrected chi connectivity index (χ1v) is 7.35. The van der Waals surface area contributed by atoms with Crippen LogP contribution in [0.4, 0.5) is 5.69 Å². The number of carbonyl (C=O) groups is 1. The monoisotopic (exact) mass is 338 g/mol. The standard InChI is InChI=1S/C13H15BrN4O2/c14-8-5-10-11(17-13(20)16-10)6-9(8)15-12(19)7-18-3-1-2-4-18/h5-6H,1-4,7H2,(H,15,19)(H2,16,17,20). The van der Waals surface area contributed by atoms with E-state index >= 15 is 0 Å². The van der Waals surface area contributed by atoms with Crippen LogP contribution in [0.3, 0.4) is 0 Å². The highest BCUT2D eigenvalue weighted by molar-refractivity contribution is 9.10. The van der Waals surface area contributed by atoms with E-state index in [1.165, 1.54) is 0 Å². The maximum atomic E-state index is 12.0. The van der Waals surface area contributed by atoms with Crippen molar-refractivity contribution in [1.82, 2.24) is 14.9 Å². The quantitative estimate of drug-likeness (QED) is 0.795. The third-order valence-corrected chi connectivity index (χ3v) is 4.10. The number of amides is 1. The zero-order valence-electron chi connectivity index (χ0n) is 10.8. The molecule has 0 aliphatic carbocycles. The number of nitrogens with one attached hydrogen (secondary N) is 3. The molecule has 3 rings (SSSR count). The molecule has 7 heteroatoms. The van der Waals surface area contributed by atoms with E-state index in [0.29, 0.717) is 23.3 Å². The summed E-state index contributed by atoms with van der Waals surface area (Å²) in [4.78, 5) is 30.7. The molecule has 1 aliphatic rings. The van der Waals surface area contributed by atoms with E-state index in [2.05, 4.69) is 36.1 Å². The third-order valence-electron chi connectivity index (χ3n) is 3.44. The molecular formula is C13H15BrN4O2. The number of rotatable bonds is 3. The molecular weight excluding hydrogens is 324 g/mol. The van der Waals surface area contributed by atoms with Crippen molar-refractivity contribution in [3.8, 4) is 0 Å². The van der Waals surface area contributed by atoms with E-state index in [9.17, 15) is 9.59 Å². The fourth-order valence-electron chi connectivity index (χ4n) is 2.49. The number of halogens is 1. The van der Waals surface area contributed by atoms with Gasteiger partial charge in [0.15, 0.2) is 0 Å². The lowest BCUT2D eigenvalue weighted by atomic mass is 10.2. The number of hydrogen-bond donors (Lipinski definition) is 3. The van der Waals surface area contributed by atoms with Crippen LogP contribution in [0.25, 0.3) is 11.0 Å². The van der Waals surface area contributed by atoms with Gasteiger partial charge < -0.3 is 15.3 Å². The van der Waals surface area contributed by atoms with Crippen LogP contribution in [-0.2, 0) is 4.79 Å². The molecule has 0 radical (unpaired) electrons. The Balaban J connectivity index is 1.77. The minimum Gasteiger partial charge on any atom is -0.324 e. The normalized spacial score (nSPS) is 15.8.